The molecule has 2 atom stereocenters. The SMILES string of the molecule is CC1CC(N)CN(Cc2ccc(Br)c([N+](=O)[O-])c2)C1. The Bertz CT molecular complexity index is 471. The van der Waals surface area contributed by atoms with E-state index in [-0.39, 0.29) is 16.7 Å². The zero-order valence-corrected chi connectivity index (χ0v) is 12.5. The third-order valence-electron chi connectivity index (χ3n) is 3.38. The summed E-state index contributed by atoms with van der Waals surface area (Å²) in [4.78, 5) is 12.8. The van der Waals surface area contributed by atoms with Crippen LogP contribution in [0, 0.1) is 16.0 Å². The molecule has 104 valence electrons. The lowest BCUT2D eigenvalue weighted by Crippen LogP contribution is -2.45. The van der Waals surface area contributed by atoms with Gasteiger partial charge in [0.25, 0.3) is 5.69 Å². The molecule has 1 fully saturated rings. The summed E-state index contributed by atoms with van der Waals surface area (Å²) in [7, 11) is 0. The molecule has 0 spiro atoms. The van der Waals surface area contributed by atoms with Crippen LogP contribution in [-0.4, -0.2) is 29.0 Å². The quantitative estimate of drug-likeness (QED) is 0.684. The van der Waals surface area contributed by atoms with Crippen LogP contribution < -0.4 is 5.73 Å². The zero-order chi connectivity index (χ0) is 14.0. The van der Waals surface area contributed by atoms with Gasteiger partial charge in [-0.2, -0.15) is 0 Å². The minimum Gasteiger partial charge on any atom is -0.327 e. The number of hydrogen-bond acceptors (Lipinski definition) is 4. The largest absolute Gasteiger partial charge is 0.327 e. The van der Waals surface area contributed by atoms with Crippen LogP contribution in [0.2, 0.25) is 0 Å². The molecule has 2 N–H and O–H groups in total. The van der Waals surface area contributed by atoms with Crippen LogP contribution in [0.25, 0.3) is 0 Å². The highest BCUT2D eigenvalue weighted by atomic mass is 79.9. The maximum atomic E-state index is 10.9. The second-order valence-electron chi connectivity index (χ2n) is 5.34. The first kappa shape index (κ1) is 14.4. The van der Waals surface area contributed by atoms with E-state index in [0.29, 0.717) is 16.9 Å². The number of nitro benzene ring substituents is 1. The fourth-order valence-corrected chi connectivity index (χ4v) is 3.09. The molecule has 6 heteroatoms. The molecule has 0 saturated carbocycles. The number of nitro groups is 1. The fraction of sp³-hybridized carbons (Fsp3) is 0.538. The van der Waals surface area contributed by atoms with Gasteiger partial charge < -0.3 is 5.73 Å². The van der Waals surface area contributed by atoms with Gasteiger partial charge in [0.05, 0.1) is 9.40 Å². The molecule has 2 rings (SSSR count). The smallest absolute Gasteiger partial charge is 0.283 e. The van der Waals surface area contributed by atoms with E-state index in [0.717, 1.165) is 25.1 Å². The zero-order valence-electron chi connectivity index (χ0n) is 10.9. The van der Waals surface area contributed by atoms with E-state index in [4.69, 9.17) is 5.73 Å². The Hall–Kier alpha value is -0.980. The Kier molecular flexibility index (Phi) is 4.54. The highest BCUT2D eigenvalue weighted by Gasteiger charge is 2.22. The summed E-state index contributed by atoms with van der Waals surface area (Å²) in [6, 6.07) is 5.49. The second kappa shape index (κ2) is 5.98. The van der Waals surface area contributed by atoms with E-state index in [1.54, 1.807) is 12.1 Å². The lowest BCUT2D eigenvalue weighted by atomic mass is 9.96. The van der Waals surface area contributed by atoms with Crippen LogP contribution in [0.4, 0.5) is 5.69 Å². The lowest BCUT2D eigenvalue weighted by molar-refractivity contribution is -0.385. The number of nitrogens with zero attached hydrogens (tertiary/aromatic N) is 2. The molecule has 1 aliphatic rings. The minimum absolute atomic E-state index is 0.117. The summed E-state index contributed by atoms with van der Waals surface area (Å²) in [6.07, 6.45) is 1.05. The average Bonchev–Trinajstić information content (AvgIpc) is 2.30. The van der Waals surface area contributed by atoms with Crippen molar-refractivity contribution in [3.05, 3.63) is 38.3 Å². The van der Waals surface area contributed by atoms with Gasteiger partial charge >= 0.3 is 0 Å². The molecule has 1 saturated heterocycles. The lowest BCUT2D eigenvalue weighted by Gasteiger charge is -2.34. The number of likely N-dealkylation sites (tertiary alicyclic amines) is 1. The molecular formula is C13H18BrN3O2. The van der Waals surface area contributed by atoms with E-state index in [1.165, 1.54) is 0 Å². The van der Waals surface area contributed by atoms with Gasteiger partial charge in [0.1, 0.15) is 0 Å². The van der Waals surface area contributed by atoms with Crippen LogP contribution in [0.1, 0.15) is 18.9 Å². The monoisotopic (exact) mass is 327 g/mol. The fourth-order valence-electron chi connectivity index (χ4n) is 2.70. The number of hydrogen-bond donors (Lipinski definition) is 1. The number of benzene rings is 1. The van der Waals surface area contributed by atoms with Gasteiger partial charge in [0.15, 0.2) is 0 Å². The van der Waals surface area contributed by atoms with Crippen LogP contribution in [-0.2, 0) is 6.54 Å². The van der Waals surface area contributed by atoms with Crippen molar-refractivity contribution in [3.8, 4) is 0 Å². The molecule has 0 aliphatic carbocycles. The van der Waals surface area contributed by atoms with Gasteiger partial charge in [-0.3, -0.25) is 15.0 Å². The minimum atomic E-state index is -0.363. The van der Waals surface area contributed by atoms with Crippen molar-refractivity contribution in [1.82, 2.24) is 4.90 Å². The first-order valence-corrected chi connectivity index (χ1v) is 7.15. The first-order valence-electron chi connectivity index (χ1n) is 6.36. The van der Waals surface area contributed by atoms with Gasteiger partial charge in [0, 0.05) is 31.7 Å². The molecule has 0 aromatic heterocycles. The molecule has 0 bridgehead atoms. The second-order valence-corrected chi connectivity index (χ2v) is 6.19. The number of piperidine rings is 1. The third kappa shape index (κ3) is 3.75. The predicted molar refractivity (Wildman–Crippen MR) is 77.8 cm³/mol. The highest BCUT2D eigenvalue weighted by molar-refractivity contribution is 9.10. The summed E-state index contributed by atoms with van der Waals surface area (Å²) in [5.41, 5.74) is 7.09. The standard InChI is InChI=1S/C13H18BrN3O2/c1-9-4-11(15)8-16(6-9)7-10-2-3-12(14)13(5-10)17(18)19/h2-3,5,9,11H,4,6-8,15H2,1H3. The number of halogens is 1. The molecule has 1 aliphatic heterocycles. The Morgan fingerprint density at radius 1 is 1.53 bits per heavy atom. The van der Waals surface area contributed by atoms with Crippen molar-refractivity contribution in [3.63, 3.8) is 0 Å². The summed E-state index contributed by atoms with van der Waals surface area (Å²) in [5.74, 6) is 0.578. The molecule has 0 radical (unpaired) electrons. The van der Waals surface area contributed by atoms with E-state index in [2.05, 4.69) is 27.8 Å². The van der Waals surface area contributed by atoms with Gasteiger partial charge in [-0.1, -0.05) is 13.0 Å². The maximum absolute atomic E-state index is 10.9. The van der Waals surface area contributed by atoms with Gasteiger partial charge in [-0.15, -0.1) is 0 Å². The Morgan fingerprint density at radius 3 is 2.89 bits per heavy atom. The number of rotatable bonds is 3. The van der Waals surface area contributed by atoms with Crippen molar-refractivity contribution >= 4 is 21.6 Å². The van der Waals surface area contributed by atoms with Crippen molar-refractivity contribution in [2.75, 3.05) is 13.1 Å². The van der Waals surface area contributed by atoms with Gasteiger partial charge in [-0.05, 0) is 39.9 Å². The third-order valence-corrected chi connectivity index (χ3v) is 4.05. The van der Waals surface area contributed by atoms with Crippen LogP contribution in [0.15, 0.2) is 22.7 Å². The van der Waals surface area contributed by atoms with Crippen molar-refractivity contribution in [1.29, 1.82) is 0 Å². The highest BCUT2D eigenvalue weighted by Crippen LogP contribution is 2.27. The first-order chi connectivity index (χ1) is 8.95. The molecule has 2 unspecified atom stereocenters. The molecule has 5 nitrogen and oxygen atoms in total. The van der Waals surface area contributed by atoms with E-state index >= 15 is 0 Å². The van der Waals surface area contributed by atoms with E-state index in [9.17, 15) is 10.1 Å². The summed E-state index contributed by atoms with van der Waals surface area (Å²) < 4.78 is 0.518. The van der Waals surface area contributed by atoms with Gasteiger partial charge in [-0.25, -0.2) is 0 Å². The molecule has 1 aromatic rings. The normalized spacial score (nSPS) is 24.4. The van der Waals surface area contributed by atoms with Crippen molar-refractivity contribution in [2.24, 2.45) is 11.7 Å². The number of nitrogens with two attached hydrogens (primary N) is 1. The van der Waals surface area contributed by atoms with Crippen LogP contribution >= 0.6 is 15.9 Å². The Morgan fingerprint density at radius 2 is 2.26 bits per heavy atom. The summed E-state index contributed by atoms with van der Waals surface area (Å²) in [6.45, 7) is 4.76. The maximum Gasteiger partial charge on any atom is 0.283 e. The Balaban J connectivity index is 2.10. The Labute approximate surface area is 121 Å². The van der Waals surface area contributed by atoms with Crippen LogP contribution in [0.5, 0.6) is 0 Å². The predicted octanol–water partition coefficient (Wildman–Crippen LogP) is 2.53. The topological polar surface area (TPSA) is 72.4 Å². The van der Waals surface area contributed by atoms with Gasteiger partial charge in [0.2, 0.25) is 0 Å². The molecule has 1 aromatic carbocycles. The molecular weight excluding hydrogens is 310 g/mol. The van der Waals surface area contributed by atoms with Crippen molar-refractivity contribution in [2.45, 2.75) is 25.9 Å². The van der Waals surface area contributed by atoms with E-state index < -0.39 is 0 Å². The molecule has 1 heterocycles. The summed E-state index contributed by atoms with van der Waals surface area (Å²) in [5, 5.41) is 10.9. The molecule has 19 heavy (non-hydrogen) atoms. The molecule has 0 amide bonds. The summed E-state index contributed by atoms with van der Waals surface area (Å²) >= 11 is 3.20. The van der Waals surface area contributed by atoms with Crippen molar-refractivity contribution < 1.29 is 4.92 Å². The average molecular weight is 328 g/mol. The van der Waals surface area contributed by atoms with E-state index in [1.807, 2.05) is 6.07 Å². The van der Waals surface area contributed by atoms with Crippen LogP contribution in [0.3, 0.4) is 0 Å².